The number of nitrogens with zero attached hydrogens (tertiary/aromatic N) is 2. The molecule has 0 fully saturated rings. The van der Waals surface area contributed by atoms with Crippen LogP contribution in [0.15, 0.2) is 58.7 Å². The Hall–Kier alpha value is -3.04. The summed E-state index contributed by atoms with van der Waals surface area (Å²) in [7, 11) is 3.10. The highest BCUT2D eigenvalue weighted by atomic mass is 32.2. The van der Waals surface area contributed by atoms with Crippen LogP contribution >= 0.6 is 23.5 Å². The van der Waals surface area contributed by atoms with E-state index in [1.54, 1.807) is 32.4 Å². The van der Waals surface area contributed by atoms with Crippen LogP contribution < -0.4 is 14.8 Å². The summed E-state index contributed by atoms with van der Waals surface area (Å²) in [6.45, 7) is 3.84. The average molecular weight is 484 g/mol. The number of ether oxygens (including phenoxy) is 2. The van der Waals surface area contributed by atoms with Gasteiger partial charge in [0.25, 0.3) is 0 Å². The number of benzene rings is 2. The number of carbonyl (C=O) groups excluding carboxylic acids is 2. The van der Waals surface area contributed by atoms with Crippen LogP contribution in [0.3, 0.4) is 0 Å². The number of hydrogen-bond donors (Lipinski definition) is 1. The molecule has 0 unspecified atom stereocenters. The lowest BCUT2D eigenvalue weighted by atomic mass is 10.1. The molecular weight excluding hydrogens is 458 g/mol. The number of carbonyl (C=O) groups is 2. The Morgan fingerprint density at radius 3 is 2.36 bits per heavy atom. The number of amides is 1. The van der Waals surface area contributed by atoms with E-state index in [0.29, 0.717) is 32.9 Å². The van der Waals surface area contributed by atoms with Gasteiger partial charge in [-0.15, -0.1) is 0 Å². The first-order valence-electron chi connectivity index (χ1n) is 10.1. The van der Waals surface area contributed by atoms with Gasteiger partial charge in [-0.1, -0.05) is 53.4 Å². The van der Waals surface area contributed by atoms with Gasteiger partial charge in [0.1, 0.15) is 16.5 Å². The summed E-state index contributed by atoms with van der Waals surface area (Å²) >= 11 is 2.58. The Bertz CT molecular complexity index is 1140. The minimum absolute atomic E-state index is 0.0194. The van der Waals surface area contributed by atoms with Crippen molar-refractivity contribution in [1.29, 1.82) is 0 Å². The van der Waals surface area contributed by atoms with Crippen LogP contribution in [0.25, 0.3) is 0 Å². The van der Waals surface area contributed by atoms with Crippen molar-refractivity contribution in [2.24, 2.45) is 0 Å². The van der Waals surface area contributed by atoms with Crippen LogP contribution in [0.2, 0.25) is 0 Å². The van der Waals surface area contributed by atoms with Crippen molar-refractivity contribution in [3.8, 4) is 11.5 Å². The minimum atomic E-state index is -0.202. The van der Waals surface area contributed by atoms with Crippen molar-refractivity contribution in [1.82, 2.24) is 9.97 Å². The average Bonchev–Trinajstić information content (AvgIpc) is 2.81. The maximum atomic E-state index is 12.5. The van der Waals surface area contributed by atoms with Crippen LogP contribution in [0.4, 0.5) is 5.69 Å². The van der Waals surface area contributed by atoms with Gasteiger partial charge in [0, 0.05) is 17.3 Å². The van der Waals surface area contributed by atoms with Crippen LogP contribution in [0, 0.1) is 13.8 Å². The Balaban J connectivity index is 1.59. The molecule has 1 N–H and O–H groups in total. The number of anilines is 1. The first-order chi connectivity index (χ1) is 15.9. The molecule has 0 aliphatic heterocycles. The van der Waals surface area contributed by atoms with Crippen LogP contribution in [0.5, 0.6) is 11.5 Å². The Morgan fingerprint density at radius 1 is 0.909 bits per heavy atom. The van der Waals surface area contributed by atoms with Gasteiger partial charge in [-0.2, -0.15) is 0 Å². The second-order valence-corrected chi connectivity index (χ2v) is 9.05. The van der Waals surface area contributed by atoms with Gasteiger partial charge in [-0.25, -0.2) is 9.97 Å². The molecule has 2 aromatic carbocycles. The number of aromatic nitrogens is 2. The van der Waals surface area contributed by atoms with Gasteiger partial charge in [0.15, 0.2) is 10.9 Å². The van der Waals surface area contributed by atoms with Crippen molar-refractivity contribution in [3.63, 3.8) is 0 Å². The highest BCUT2D eigenvalue weighted by Crippen LogP contribution is 2.29. The summed E-state index contributed by atoms with van der Waals surface area (Å²) in [6, 6.07) is 14.5. The van der Waals surface area contributed by atoms with Crippen molar-refractivity contribution < 1.29 is 19.1 Å². The van der Waals surface area contributed by atoms with E-state index in [4.69, 9.17) is 9.47 Å². The van der Waals surface area contributed by atoms with E-state index in [1.165, 1.54) is 23.5 Å². The van der Waals surface area contributed by atoms with E-state index in [1.807, 2.05) is 44.2 Å². The van der Waals surface area contributed by atoms with Crippen LogP contribution in [-0.4, -0.2) is 47.4 Å². The fourth-order valence-corrected chi connectivity index (χ4v) is 4.45. The molecule has 1 amide bonds. The maximum absolute atomic E-state index is 12.5. The fourth-order valence-electron chi connectivity index (χ4n) is 2.84. The largest absolute Gasteiger partial charge is 0.497 e. The van der Waals surface area contributed by atoms with Gasteiger partial charge in [0.05, 0.1) is 31.4 Å². The number of thioether (sulfide) groups is 2. The molecule has 0 atom stereocenters. The molecule has 3 aromatic rings. The molecule has 0 aliphatic rings. The first kappa shape index (κ1) is 24.6. The third kappa shape index (κ3) is 7.23. The molecule has 3 rings (SSSR count). The maximum Gasteiger partial charge on any atom is 0.234 e. The Kier molecular flexibility index (Phi) is 8.73. The van der Waals surface area contributed by atoms with Gasteiger partial charge < -0.3 is 14.8 Å². The number of aryl methyl sites for hydroxylation is 2. The monoisotopic (exact) mass is 483 g/mol. The van der Waals surface area contributed by atoms with Crippen molar-refractivity contribution in [3.05, 3.63) is 65.4 Å². The van der Waals surface area contributed by atoms with Crippen molar-refractivity contribution in [2.45, 2.75) is 24.0 Å². The molecule has 0 radical (unpaired) electrons. The highest BCUT2D eigenvalue weighted by Gasteiger charge is 2.13. The normalized spacial score (nSPS) is 10.5. The van der Waals surface area contributed by atoms with E-state index in [0.717, 1.165) is 11.3 Å². The minimum Gasteiger partial charge on any atom is -0.497 e. The Morgan fingerprint density at radius 2 is 1.67 bits per heavy atom. The van der Waals surface area contributed by atoms with Gasteiger partial charge in [0.2, 0.25) is 5.91 Å². The first-order valence-corrected chi connectivity index (χ1v) is 12.1. The molecule has 0 saturated heterocycles. The quantitative estimate of drug-likeness (QED) is 0.190. The number of rotatable bonds is 10. The molecule has 33 heavy (non-hydrogen) atoms. The van der Waals surface area contributed by atoms with Crippen LogP contribution in [-0.2, 0) is 4.79 Å². The highest BCUT2D eigenvalue weighted by molar-refractivity contribution is 8.00. The number of ketones is 1. The lowest BCUT2D eigenvalue weighted by Crippen LogP contribution is -2.15. The summed E-state index contributed by atoms with van der Waals surface area (Å²) in [4.78, 5) is 33.8. The summed E-state index contributed by atoms with van der Waals surface area (Å²) in [5.41, 5.74) is 3.08. The molecule has 7 nitrogen and oxygen atoms in total. The molecule has 9 heteroatoms. The summed E-state index contributed by atoms with van der Waals surface area (Å²) in [6.07, 6.45) is 0. The van der Waals surface area contributed by atoms with E-state index in [2.05, 4.69) is 15.3 Å². The Labute approximate surface area is 201 Å². The van der Waals surface area contributed by atoms with Gasteiger partial charge >= 0.3 is 0 Å². The number of nitrogens with one attached hydrogen (secondary N) is 1. The van der Waals surface area contributed by atoms with Crippen molar-refractivity contribution in [2.75, 3.05) is 31.0 Å². The lowest BCUT2D eigenvalue weighted by molar-refractivity contribution is -0.113. The van der Waals surface area contributed by atoms with E-state index in [9.17, 15) is 9.59 Å². The van der Waals surface area contributed by atoms with Gasteiger partial charge in [-0.05, 0) is 32.0 Å². The van der Waals surface area contributed by atoms with E-state index < -0.39 is 0 Å². The zero-order valence-corrected chi connectivity index (χ0v) is 20.5. The smallest absolute Gasteiger partial charge is 0.234 e. The molecule has 172 valence electrons. The predicted molar refractivity (Wildman–Crippen MR) is 132 cm³/mol. The molecule has 0 spiro atoms. The summed E-state index contributed by atoms with van der Waals surface area (Å²) in [5.74, 6) is 1.38. The fraction of sp³-hybridized carbons (Fsp3) is 0.250. The molecule has 0 saturated carbocycles. The molecule has 1 heterocycles. The zero-order valence-electron chi connectivity index (χ0n) is 18.9. The summed E-state index contributed by atoms with van der Waals surface area (Å²) in [5, 5.41) is 4.01. The summed E-state index contributed by atoms with van der Waals surface area (Å²) < 4.78 is 10.5. The number of methoxy groups -OCH3 is 2. The molecular formula is C24H25N3O4S2. The second kappa shape index (κ2) is 11.7. The number of hydrogen-bond acceptors (Lipinski definition) is 8. The molecule has 0 aliphatic carbocycles. The van der Waals surface area contributed by atoms with Gasteiger partial charge in [-0.3, -0.25) is 9.59 Å². The zero-order chi connectivity index (χ0) is 23.8. The van der Waals surface area contributed by atoms with E-state index >= 15 is 0 Å². The molecule has 0 bridgehead atoms. The van der Waals surface area contributed by atoms with E-state index in [-0.39, 0.29) is 23.2 Å². The SMILES string of the molecule is COc1ccc(OC)c(NC(=O)CSc2cc(C)nc(SCC(=O)c3ccc(C)cc3)n2)c1. The number of Topliss-reactive ketones (excluding diaryl/α,β-unsaturated/α-hetero) is 1. The third-order valence-electron chi connectivity index (χ3n) is 4.55. The van der Waals surface area contributed by atoms with Crippen molar-refractivity contribution >= 4 is 40.9 Å². The topological polar surface area (TPSA) is 90.4 Å². The molecule has 1 aromatic heterocycles. The predicted octanol–water partition coefficient (Wildman–Crippen LogP) is 4.82. The third-order valence-corrected chi connectivity index (χ3v) is 6.31. The second-order valence-electron chi connectivity index (χ2n) is 7.11. The lowest BCUT2D eigenvalue weighted by Gasteiger charge is -2.11. The standard InChI is InChI=1S/C24H25N3O4S2/c1-15-5-7-17(8-6-15)20(28)13-33-24-25-16(2)11-23(27-24)32-14-22(29)26-19-12-18(30-3)9-10-21(19)31-4/h5-12H,13-14H2,1-4H3,(H,26,29). The van der Waals surface area contributed by atoms with Crippen LogP contribution in [0.1, 0.15) is 21.6 Å².